The molecule has 1 fully saturated rings. The fourth-order valence-electron chi connectivity index (χ4n) is 3.80. The molecule has 5 heteroatoms. The molecule has 2 heterocycles. The number of anilines is 2. The van der Waals surface area contributed by atoms with E-state index in [1.165, 1.54) is 16.7 Å². The molecule has 1 aromatic heterocycles. The number of aromatic nitrogens is 2. The highest BCUT2D eigenvalue weighted by Gasteiger charge is 2.26. The number of nitrogens with one attached hydrogen (secondary N) is 1. The van der Waals surface area contributed by atoms with Gasteiger partial charge in [-0.2, -0.15) is 0 Å². The summed E-state index contributed by atoms with van der Waals surface area (Å²) in [5, 5.41) is 3.09. The zero-order chi connectivity index (χ0) is 21.1. The lowest BCUT2D eigenvalue weighted by molar-refractivity contribution is -0.120. The third-order valence-electron chi connectivity index (χ3n) is 5.91. The molecule has 1 saturated heterocycles. The van der Waals surface area contributed by atoms with E-state index in [4.69, 9.17) is 4.98 Å². The second kappa shape index (κ2) is 8.66. The summed E-state index contributed by atoms with van der Waals surface area (Å²) in [7, 11) is 0. The molecule has 0 spiro atoms. The summed E-state index contributed by atoms with van der Waals surface area (Å²) in [6.45, 7) is 7.84. The lowest BCUT2D eigenvalue weighted by Gasteiger charge is -2.32. The van der Waals surface area contributed by atoms with Gasteiger partial charge in [-0.15, -0.1) is 0 Å². The third kappa shape index (κ3) is 4.51. The summed E-state index contributed by atoms with van der Waals surface area (Å²) in [5.74, 6) is 1.80. The average Bonchev–Trinajstić information content (AvgIpc) is 2.77. The Morgan fingerprint density at radius 3 is 2.40 bits per heavy atom. The molecule has 5 nitrogen and oxygen atoms in total. The molecule has 30 heavy (non-hydrogen) atoms. The molecule has 154 valence electrons. The van der Waals surface area contributed by atoms with Crippen LogP contribution in [0.1, 0.15) is 29.5 Å². The molecular weight excluding hydrogens is 372 g/mol. The zero-order valence-electron chi connectivity index (χ0n) is 17.9. The summed E-state index contributed by atoms with van der Waals surface area (Å²) in [4.78, 5) is 24.2. The highest BCUT2D eigenvalue weighted by Crippen LogP contribution is 2.25. The van der Waals surface area contributed by atoms with E-state index in [-0.39, 0.29) is 11.8 Å². The van der Waals surface area contributed by atoms with Crippen molar-refractivity contribution >= 4 is 17.4 Å². The van der Waals surface area contributed by atoms with Gasteiger partial charge in [0, 0.05) is 36.5 Å². The van der Waals surface area contributed by atoms with Crippen LogP contribution < -0.4 is 10.2 Å². The first-order chi connectivity index (χ1) is 14.5. The van der Waals surface area contributed by atoms with Crippen LogP contribution in [0.25, 0.3) is 11.4 Å². The van der Waals surface area contributed by atoms with Gasteiger partial charge < -0.3 is 10.2 Å². The van der Waals surface area contributed by atoms with Crippen molar-refractivity contribution in [1.29, 1.82) is 0 Å². The van der Waals surface area contributed by atoms with Gasteiger partial charge in [-0.25, -0.2) is 9.97 Å². The van der Waals surface area contributed by atoms with E-state index in [1.807, 2.05) is 30.5 Å². The average molecular weight is 401 g/mol. The van der Waals surface area contributed by atoms with Crippen molar-refractivity contribution in [2.24, 2.45) is 5.92 Å². The van der Waals surface area contributed by atoms with Crippen molar-refractivity contribution < 1.29 is 4.79 Å². The number of hydrogen-bond acceptors (Lipinski definition) is 4. The number of amides is 1. The molecule has 0 saturated carbocycles. The molecule has 2 aromatic carbocycles. The molecule has 4 rings (SSSR count). The molecule has 1 N–H and O–H groups in total. The van der Waals surface area contributed by atoms with E-state index in [1.54, 1.807) is 0 Å². The van der Waals surface area contributed by atoms with Crippen molar-refractivity contribution in [3.8, 4) is 11.4 Å². The van der Waals surface area contributed by atoms with E-state index in [0.717, 1.165) is 48.8 Å². The topological polar surface area (TPSA) is 58.1 Å². The van der Waals surface area contributed by atoms with Crippen LogP contribution in [-0.4, -0.2) is 29.0 Å². The van der Waals surface area contributed by atoms with E-state index < -0.39 is 0 Å². The van der Waals surface area contributed by atoms with Crippen molar-refractivity contribution in [2.45, 2.75) is 33.6 Å². The standard InChI is InChI=1S/C25H28N4O/c1-17-4-7-20(8-5-17)24-26-13-10-23(28-24)29-14-11-21(12-15-29)25(30)27-22-9-6-18(2)19(3)16-22/h4-10,13,16,21H,11-12,14-15H2,1-3H3,(H,27,30). The molecule has 1 aliphatic rings. The van der Waals surface area contributed by atoms with Gasteiger partial charge in [-0.3, -0.25) is 4.79 Å². The molecule has 3 aromatic rings. The second-order valence-corrected chi connectivity index (χ2v) is 8.15. The maximum Gasteiger partial charge on any atom is 0.227 e. The van der Waals surface area contributed by atoms with Crippen molar-refractivity contribution in [3.63, 3.8) is 0 Å². The van der Waals surface area contributed by atoms with Crippen LogP contribution in [-0.2, 0) is 4.79 Å². The molecule has 0 bridgehead atoms. The number of hydrogen-bond donors (Lipinski definition) is 1. The summed E-state index contributed by atoms with van der Waals surface area (Å²) in [5.41, 5.74) is 5.54. The van der Waals surface area contributed by atoms with Gasteiger partial charge in [0.1, 0.15) is 5.82 Å². The Morgan fingerprint density at radius 2 is 1.70 bits per heavy atom. The van der Waals surface area contributed by atoms with Crippen LogP contribution in [0.5, 0.6) is 0 Å². The molecule has 1 aliphatic heterocycles. The molecular formula is C25H28N4O. The monoisotopic (exact) mass is 400 g/mol. The van der Waals surface area contributed by atoms with E-state index >= 15 is 0 Å². The van der Waals surface area contributed by atoms with Crippen molar-refractivity contribution in [2.75, 3.05) is 23.3 Å². The van der Waals surface area contributed by atoms with Crippen LogP contribution in [0.3, 0.4) is 0 Å². The first-order valence-corrected chi connectivity index (χ1v) is 10.5. The quantitative estimate of drug-likeness (QED) is 0.675. The van der Waals surface area contributed by atoms with Gasteiger partial charge in [0.05, 0.1) is 0 Å². The first-order valence-electron chi connectivity index (χ1n) is 10.5. The maximum absolute atomic E-state index is 12.7. The van der Waals surface area contributed by atoms with E-state index in [0.29, 0.717) is 0 Å². The lowest BCUT2D eigenvalue weighted by Crippen LogP contribution is -2.38. The Labute approximate surface area is 178 Å². The summed E-state index contributed by atoms with van der Waals surface area (Å²) in [6.07, 6.45) is 3.46. The number of carbonyl (C=O) groups is 1. The Balaban J connectivity index is 1.38. The van der Waals surface area contributed by atoms with Gasteiger partial charge in [0.2, 0.25) is 5.91 Å². The van der Waals surface area contributed by atoms with Crippen LogP contribution in [0, 0.1) is 26.7 Å². The fraction of sp³-hybridized carbons (Fsp3) is 0.320. The third-order valence-corrected chi connectivity index (χ3v) is 5.91. The first kappa shape index (κ1) is 20.1. The molecule has 0 radical (unpaired) electrons. The van der Waals surface area contributed by atoms with Crippen LogP contribution in [0.2, 0.25) is 0 Å². The number of carbonyl (C=O) groups excluding carboxylic acids is 1. The highest BCUT2D eigenvalue weighted by molar-refractivity contribution is 5.92. The van der Waals surface area contributed by atoms with Crippen molar-refractivity contribution in [1.82, 2.24) is 9.97 Å². The predicted octanol–water partition coefficient (Wildman–Crippen LogP) is 4.92. The largest absolute Gasteiger partial charge is 0.356 e. The molecule has 0 atom stereocenters. The smallest absolute Gasteiger partial charge is 0.227 e. The Bertz CT molecular complexity index is 1040. The summed E-state index contributed by atoms with van der Waals surface area (Å²) >= 11 is 0. The molecule has 0 aliphatic carbocycles. The van der Waals surface area contributed by atoms with Crippen LogP contribution >= 0.6 is 0 Å². The van der Waals surface area contributed by atoms with Crippen LogP contribution in [0.4, 0.5) is 11.5 Å². The van der Waals surface area contributed by atoms with Gasteiger partial charge in [-0.05, 0) is 62.9 Å². The SMILES string of the molecule is Cc1ccc(-c2nccc(N3CCC(C(=O)Nc4ccc(C)c(C)c4)CC3)n2)cc1. The predicted molar refractivity (Wildman–Crippen MR) is 122 cm³/mol. The number of piperidine rings is 1. The molecule has 1 amide bonds. The lowest BCUT2D eigenvalue weighted by atomic mass is 9.95. The number of benzene rings is 2. The highest BCUT2D eigenvalue weighted by atomic mass is 16.1. The number of nitrogens with zero attached hydrogens (tertiary/aromatic N) is 3. The number of aryl methyl sites for hydroxylation is 3. The second-order valence-electron chi connectivity index (χ2n) is 8.15. The van der Waals surface area contributed by atoms with Gasteiger partial charge >= 0.3 is 0 Å². The minimum atomic E-state index is 0.0289. The summed E-state index contributed by atoms with van der Waals surface area (Å²) < 4.78 is 0. The minimum Gasteiger partial charge on any atom is -0.356 e. The van der Waals surface area contributed by atoms with Crippen LogP contribution in [0.15, 0.2) is 54.7 Å². The van der Waals surface area contributed by atoms with Gasteiger partial charge in [0.15, 0.2) is 5.82 Å². The van der Waals surface area contributed by atoms with Crippen molar-refractivity contribution in [3.05, 3.63) is 71.4 Å². The normalized spacial score (nSPS) is 14.6. The Morgan fingerprint density at radius 1 is 0.967 bits per heavy atom. The van der Waals surface area contributed by atoms with E-state index in [9.17, 15) is 4.79 Å². The zero-order valence-corrected chi connectivity index (χ0v) is 17.9. The Hall–Kier alpha value is -3.21. The van der Waals surface area contributed by atoms with Gasteiger partial charge in [-0.1, -0.05) is 35.9 Å². The fourth-order valence-corrected chi connectivity index (χ4v) is 3.80. The van der Waals surface area contributed by atoms with E-state index in [2.05, 4.69) is 60.2 Å². The molecule has 0 unspecified atom stereocenters. The Kier molecular flexibility index (Phi) is 5.79. The van der Waals surface area contributed by atoms with Gasteiger partial charge in [0.25, 0.3) is 0 Å². The maximum atomic E-state index is 12.7. The number of rotatable bonds is 4. The minimum absolute atomic E-state index is 0.0289. The summed E-state index contributed by atoms with van der Waals surface area (Å²) in [6, 6.07) is 16.3.